The van der Waals surface area contributed by atoms with Crippen molar-refractivity contribution in [1.82, 2.24) is 15.0 Å². The van der Waals surface area contributed by atoms with Crippen LogP contribution in [-0.4, -0.2) is 15.0 Å². The lowest BCUT2D eigenvalue weighted by Crippen LogP contribution is -2.00. The molecule has 206 valence electrons. The summed E-state index contributed by atoms with van der Waals surface area (Å²) in [7, 11) is 0. The molecule has 3 aromatic heterocycles. The largest absolute Gasteiger partial charge is 0.456 e. The van der Waals surface area contributed by atoms with Gasteiger partial charge in [-0.3, -0.25) is 0 Å². The van der Waals surface area contributed by atoms with Gasteiger partial charge in [0.25, 0.3) is 0 Å². The maximum Gasteiger partial charge on any atom is 0.164 e. The van der Waals surface area contributed by atoms with E-state index in [4.69, 9.17) is 19.4 Å². The van der Waals surface area contributed by atoms with Crippen LogP contribution >= 0.6 is 11.3 Å². The van der Waals surface area contributed by atoms with E-state index in [2.05, 4.69) is 66.7 Å². The van der Waals surface area contributed by atoms with Crippen LogP contribution in [0.15, 0.2) is 144 Å². The van der Waals surface area contributed by atoms with Crippen LogP contribution in [0.5, 0.6) is 0 Å². The van der Waals surface area contributed by atoms with Gasteiger partial charge in [-0.2, -0.15) is 0 Å². The third-order valence-electron chi connectivity index (χ3n) is 8.15. The molecule has 3 heterocycles. The molecule has 0 spiro atoms. The lowest BCUT2D eigenvalue weighted by molar-refractivity contribution is 0.669. The second-order valence-corrected chi connectivity index (χ2v) is 11.9. The first-order chi connectivity index (χ1) is 21.8. The van der Waals surface area contributed by atoms with Gasteiger partial charge >= 0.3 is 0 Å². The predicted octanol–water partition coefficient (Wildman–Crippen LogP) is 10.8. The third-order valence-corrected chi connectivity index (χ3v) is 9.29. The van der Waals surface area contributed by atoms with E-state index in [0.29, 0.717) is 17.5 Å². The molecule has 9 rings (SSSR count). The molecule has 4 nitrogen and oxygen atoms in total. The smallest absolute Gasteiger partial charge is 0.164 e. The molecule has 6 aromatic carbocycles. The highest BCUT2D eigenvalue weighted by atomic mass is 32.1. The number of thiophene rings is 1. The van der Waals surface area contributed by atoms with Crippen LogP contribution in [0.3, 0.4) is 0 Å². The topological polar surface area (TPSA) is 51.8 Å². The molecule has 0 aliphatic rings. The fraction of sp³-hybridized carbons (Fsp3) is 0. The monoisotopic (exact) mass is 581 g/mol. The molecule has 5 heteroatoms. The average Bonchev–Trinajstić information content (AvgIpc) is 3.67. The van der Waals surface area contributed by atoms with E-state index in [1.54, 1.807) is 0 Å². The first-order valence-electron chi connectivity index (χ1n) is 14.5. The lowest BCUT2D eigenvalue weighted by atomic mass is 9.98. The van der Waals surface area contributed by atoms with Crippen molar-refractivity contribution in [2.24, 2.45) is 0 Å². The van der Waals surface area contributed by atoms with Crippen LogP contribution in [0, 0.1) is 0 Å². The van der Waals surface area contributed by atoms with E-state index in [-0.39, 0.29) is 0 Å². The maximum atomic E-state index is 6.52. The zero-order chi connectivity index (χ0) is 29.0. The summed E-state index contributed by atoms with van der Waals surface area (Å²) in [6, 6.07) is 47.9. The van der Waals surface area contributed by atoms with Crippen LogP contribution in [0.1, 0.15) is 0 Å². The molecule has 44 heavy (non-hydrogen) atoms. The van der Waals surface area contributed by atoms with Crippen LogP contribution in [-0.2, 0) is 0 Å². The standard InChI is InChI=1S/C39H23N3OS/c1-3-11-24(12-4-1)37-40-38(25-13-5-2-6-14-25)42-39(41-37)30-17-9-18-31-35(30)28-22-21-26(23-32(28)43-31)27-16-10-20-34-36(27)29-15-7-8-19-33(29)44-34/h1-23H. The molecular formula is C39H23N3OS. The number of aromatic nitrogens is 3. The number of furan rings is 1. The first-order valence-corrected chi connectivity index (χ1v) is 15.3. The van der Waals surface area contributed by atoms with Crippen molar-refractivity contribution < 1.29 is 4.42 Å². The molecule has 0 saturated heterocycles. The molecule has 0 aliphatic heterocycles. The minimum Gasteiger partial charge on any atom is -0.456 e. The Balaban J connectivity index is 1.25. The van der Waals surface area contributed by atoms with Crippen molar-refractivity contribution in [3.63, 3.8) is 0 Å². The van der Waals surface area contributed by atoms with E-state index in [0.717, 1.165) is 44.2 Å². The van der Waals surface area contributed by atoms with Gasteiger partial charge in [-0.25, -0.2) is 15.0 Å². The Morgan fingerprint density at radius 1 is 0.409 bits per heavy atom. The van der Waals surface area contributed by atoms with Gasteiger partial charge < -0.3 is 4.42 Å². The van der Waals surface area contributed by atoms with E-state index in [1.165, 1.54) is 25.7 Å². The van der Waals surface area contributed by atoms with Gasteiger partial charge in [0, 0.05) is 47.6 Å². The molecule has 0 N–H and O–H groups in total. The van der Waals surface area contributed by atoms with Crippen molar-refractivity contribution >= 4 is 53.4 Å². The van der Waals surface area contributed by atoms with Gasteiger partial charge in [-0.15, -0.1) is 11.3 Å². The highest BCUT2D eigenvalue weighted by molar-refractivity contribution is 7.25. The van der Waals surface area contributed by atoms with Gasteiger partial charge in [0.15, 0.2) is 17.5 Å². The summed E-state index contributed by atoms with van der Waals surface area (Å²) in [6.45, 7) is 0. The average molecular weight is 582 g/mol. The number of fused-ring (bicyclic) bond motifs is 6. The first kappa shape index (κ1) is 24.9. The second kappa shape index (κ2) is 9.97. The van der Waals surface area contributed by atoms with E-state index < -0.39 is 0 Å². The van der Waals surface area contributed by atoms with Gasteiger partial charge in [0.1, 0.15) is 11.2 Å². The third kappa shape index (κ3) is 4.02. The summed E-state index contributed by atoms with van der Waals surface area (Å²) in [6.07, 6.45) is 0. The molecule has 0 fully saturated rings. The Morgan fingerprint density at radius 3 is 1.82 bits per heavy atom. The second-order valence-electron chi connectivity index (χ2n) is 10.8. The summed E-state index contributed by atoms with van der Waals surface area (Å²) < 4.78 is 9.10. The number of nitrogens with zero attached hydrogens (tertiary/aromatic N) is 3. The lowest BCUT2D eigenvalue weighted by Gasteiger charge is -2.09. The van der Waals surface area contributed by atoms with Crippen molar-refractivity contribution in [2.75, 3.05) is 0 Å². The van der Waals surface area contributed by atoms with Crippen LogP contribution < -0.4 is 0 Å². The number of rotatable bonds is 4. The minimum atomic E-state index is 0.615. The van der Waals surface area contributed by atoms with Gasteiger partial charge in [-0.1, -0.05) is 109 Å². The number of benzene rings is 6. The summed E-state index contributed by atoms with van der Waals surface area (Å²) in [5, 5.41) is 4.60. The molecule has 0 radical (unpaired) electrons. The van der Waals surface area contributed by atoms with Crippen molar-refractivity contribution in [3.05, 3.63) is 140 Å². The fourth-order valence-electron chi connectivity index (χ4n) is 6.12. The summed E-state index contributed by atoms with van der Waals surface area (Å²) in [4.78, 5) is 14.9. The van der Waals surface area contributed by atoms with Crippen LogP contribution in [0.25, 0.3) is 87.4 Å². The molecule has 0 bridgehead atoms. The minimum absolute atomic E-state index is 0.615. The Hall–Kier alpha value is -5.65. The van der Waals surface area contributed by atoms with Gasteiger partial charge in [-0.05, 0) is 41.5 Å². The molecule has 0 amide bonds. The highest BCUT2D eigenvalue weighted by Crippen LogP contribution is 2.42. The van der Waals surface area contributed by atoms with E-state index in [9.17, 15) is 0 Å². The molecule has 0 unspecified atom stereocenters. The van der Waals surface area contributed by atoms with Crippen molar-refractivity contribution in [3.8, 4) is 45.3 Å². The zero-order valence-electron chi connectivity index (χ0n) is 23.4. The maximum absolute atomic E-state index is 6.52. The quantitative estimate of drug-likeness (QED) is 0.207. The molecular weight excluding hydrogens is 559 g/mol. The SMILES string of the molecule is c1ccc(-c2nc(-c3ccccc3)nc(-c3cccc4oc5cc(-c6cccc7sc8ccccc8c67)ccc5c34)n2)cc1. The molecule has 9 aromatic rings. The predicted molar refractivity (Wildman–Crippen MR) is 182 cm³/mol. The van der Waals surface area contributed by atoms with E-state index >= 15 is 0 Å². The Labute approximate surface area is 256 Å². The normalized spacial score (nSPS) is 11.6. The molecule has 0 aliphatic carbocycles. The fourth-order valence-corrected chi connectivity index (χ4v) is 7.26. The molecule has 0 saturated carbocycles. The van der Waals surface area contributed by atoms with Gasteiger partial charge in [0.05, 0.1) is 0 Å². The number of hydrogen-bond acceptors (Lipinski definition) is 5. The summed E-state index contributed by atoms with van der Waals surface area (Å²) >= 11 is 1.83. The Morgan fingerprint density at radius 2 is 1.05 bits per heavy atom. The van der Waals surface area contributed by atoms with Crippen molar-refractivity contribution in [1.29, 1.82) is 0 Å². The Bertz CT molecular complexity index is 2440. The van der Waals surface area contributed by atoms with Crippen LogP contribution in [0.4, 0.5) is 0 Å². The van der Waals surface area contributed by atoms with E-state index in [1.807, 2.05) is 84.1 Å². The van der Waals surface area contributed by atoms with Gasteiger partial charge in [0.2, 0.25) is 0 Å². The molecule has 0 atom stereocenters. The summed E-state index contributed by atoms with van der Waals surface area (Å²) in [5.41, 5.74) is 6.77. The zero-order valence-corrected chi connectivity index (χ0v) is 24.3. The highest BCUT2D eigenvalue weighted by Gasteiger charge is 2.19. The number of hydrogen-bond donors (Lipinski definition) is 0. The van der Waals surface area contributed by atoms with Crippen molar-refractivity contribution in [2.45, 2.75) is 0 Å². The Kier molecular flexibility index (Phi) is 5.64. The van der Waals surface area contributed by atoms with Crippen LogP contribution in [0.2, 0.25) is 0 Å². The summed E-state index contributed by atoms with van der Waals surface area (Å²) in [5.74, 6) is 1.89.